The first-order chi connectivity index (χ1) is 13.0. The highest BCUT2D eigenvalue weighted by Gasteiger charge is 2.21. The molecule has 1 N–H and O–H groups in total. The quantitative estimate of drug-likeness (QED) is 0.872. The van der Waals surface area contributed by atoms with Crippen molar-refractivity contribution < 1.29 is 13.2 Å². The summed E-state index contributed by atoms with van der Waals surface area (Å²) in [4.78, 5) is 4.59. The van der Waals surface area contributed by atoms with Crippen LogP contribution in [0, 0.1) is 0 Å². The normalized spacial score (nSPS) is 17.2. The highest BCUT2D eigenvalue weighted by molar-refractivity contribution is 7.92. The average molecular weight is 388 g/mol. The number of ether oxygens (including phenoxy) is 1. The van der Waals surface area contributed by atoms with Gasteiger partial charge in [-0.2, -0.15) is 0 Å². The molecule has 6 nitrogen and oxygen atoms in total. The molecule has 2 aliphatic rings. The molecule has 0 spiro atoms. The Morgan fingerprint density at radius 1 is 0.963 bits per heavy atom. The Labute approximate surface area is 160 Å². The molecule has 0 saturated carbocycles. The van der Waals surface area contributed by atoms with Crippen LogP contribution in [0.4, 0.5) is 17.1 Å². The average Bonchev–Trinajstić information content (AvgIpc) is 2.69. The molecule has 2 aromatic carbocycles. The van der Waals surface area contributed by atoms with E-state index >= 15 is 0 Å². The molecule has 4 rings (SSSR count). The maximum Gasteiger partial charge on any atom is 0.261 e. The molecule has 0 amide bonds. The van der Waals surface area contributed by atoms with Crippen molar-refractivity contribution in [2.75, 3.05) is 47.8 Å². The zero-order valence-electron chi connectivity index (χ0n) is 15.5. The van der Waals surface area contributed by atoms with E-state index < -0.39 is 10.0 Å². The minimum Gasteiger partial charge on any atom is -0.490 e. The number of nitrogens with zero attached hydrogens (tertiary/aromatic N) is 2. The van der Waals surface area contributed by atoms with Crippen LogP contribution in [0.3, 0.4) is 0 Å². The third-order valence-corrected chi connectivity index (χ3v) is 6.56. The van der Waals surface area contributed by atoms with Crippen LogP contribution in [0.5, 0.6) is 5.75 Å². The van der Waals surface area contributed by atoms with Crippen molar-refractivity contribution in [2.45, 2.75) is 24.2 Å². The second kappa shape index (κ2) is 7.31. The van der Waals surface area contributed by atoms with E-state index in [4.69, 9.17) is 4.74 Å². The number of likely N-dealkylation sites (N-methyl/N-ethyl adjacent to an activating group) is 1. The molecule has 1 saturated heterocycles. The molecule has 2 aromatic rings. The monoisotopic (exact) mass is 387 g/mol. The lowest BCUT2D eigenvalue weighted by Crippen LogP contribution is -2.29. The van der Waals surface area contributed by atoms with Gasteiger partial charge in [-0.1, -0.05) is 0 Å². The minimum absolute atomic E-state index is 0.235. The Bertz CT molecular complexity index is 907. The molecule has 2 heterocycles. The number of piperidine rings is 1. The molecule has 1 fully saturated rings. The number of hydrogen-bond donors (Lipinski definition) is 1. The number of hydrogen-bond acceptors (Lipinski definition) is 5. The lowest BCUT2D eigenvalue weighted by molar-refractivity contribution is 0.311. The van der Waals surface area contributed by atoms with Crippen molar-refractivity contribution in [2.24, 2.45) is 0 Å². The maximum atomic E-state index is 12.8. The van der Waals surface area contributed by atoms with E-state index in [0.717, 1.165) is 31.0 Å². The van der Waals surface area contributed by atoms with Crippen molar-refractivity contribution in [3.8, 4) is 5.75 Å². The Morgan fingerprint density at radius 3 is 2.44 bits per heavy atom. The standard InChI is InChI=1S/C20H25N3O3S/c1-22-13-14-26-20-10-9-18(15-19(20)22)27(24,25)21-16-5-7-17(8-6-16)23-11-3-2-4-12-23/h5-10,15,21H,2-4,11-14H2,1H3. The van der Waals surface area contributed by atoms with Gasteiger partial charge in [0.2, 0.25) is 0 Å². The summed E-state index contributed by atoms with van der Waals surface area (Å²) >= 11 is 0. The van der Waals surface area contributed by atoms with E-state index in [1.807, 2.05) is 36.2 Å². The first-order valence-electron chi connectivity index (χ1n) is 9.39. The van der Waals surface area contributed by atoms with Gasteiger partial charge in [-0.15, -0.1) is 0 Å². The SMILES string of the molecule is CN1CCOc2ccc(S(=O)(=O)Nc3ccc(N4CCCCC4)cc3)cc21. The van der Waals surface area contributed by atoms with Crippen molar-refractivity contribution in [1.29, 1.82) is 0 Å². The van der Waals surface area contributed by atoms with Crippen LogP contribution in [0.2, 0.25) is 0 Å². The first kappa shape index (κ1) is 18.0. The summed E-state index contributed by atoms with van der Waals surface area (Å²) in [7, 11) is -1.72. The summed E-state index contributed by atoms with van der Waals surface area (Å²) in [6, 6.07) is 12.6. The number of anilines is 3. The van der Waals surface area contributed by atoms with Crippen LogP contribution >= 0.6 is 0 Å². The van der Waals surface area contributed by atoms with Crippen molar-refractivity contribution >= 4 is 27.1 Å². The first-order valence-corrected chi connectivity index (χ1v) is 10.9. The van der Waals surface area contributed by atoms with Crippen LogP contribution in [0.1, 0.15) is 19.3 Å². The van der Waals surface area contributed by atoms with Crippen LogP contribution < -0.4 is 19.3 Å². The zero-order chi connectivity index (χ0) is 18.9. The molecule has 2 aliphatic heterocycles. The summed E-state index contributed by atoms with van der Waals surface area (Å²) in [5, 5.41) is 0. The van der Waals surface area contributed by atoms with Crippen LogP contribution in [-0.4, -0.2) is 41.7 Å². The van der Waals surface area contributed by atoms with Gasteiger partial charge >= 0.3 is 0 Å². The van der Waals surface area contributed by atoms with E-state index in [0.29, 0.717) is 18.0 Å². The van der Waals surface area contributed by atoms with Gasteiger partial charge in [-0.05, 0) is 61.7 Å². The summed E-state index contributed by atoms with van der Waals surface area (Å²) in [6.07, 6.45) is 3.71. The second-order valence-electron chi connectivity index (χ2n) is 7.10. The third-order valence-electron chi connectivity index (χ3n) is 5.18. The Hall–Kier alpha value is -2.41. The summed E-state index contributed by atoms with van der Waals surface area (Å²) < 4.78 is 33.9. The fourth-order valence-electron chi connectivity index (χ4n) is 3.60. The van der Waals surface area contributed by atoms with E-state index in [1.165, 1.54) is 19.3 Å². The van der Waals surface area contributed by atoms with E-state index in [-0.39, 0.29) is 4.90 Å². The lowest BCUT2D eigenvalue weighted by Gasteiger charge is -2.29. The molecule has 0 aliphatic carbocycles. The van der Waals surface area contributed by atoms with E-state index in [2.05, 4.69) is 9.62 Å². The molecular formula is C20H25N3O3S. The summed E-state index contributed by atoms with van der Waals surface area (Å²) in [6.45, 7) is 3.48. The Balaban J connectivity index is 1.52. The molecule has 0 unspecified atom stereocenters. The van der Waals surface area contributed by atoms with Gasteiger partial charge in [0.05, 0.1) is 17.1 Å². The van der Waals surface area contributed by atoms with E-state index in [1.54, 1.807) is 18.2 Å². The van der Waals surface area contributed by atoms with Crippen molar-refractivity contribution in [3.63, 3.8) is 0 Å². The number of rotatable bonds is 4. The Morgan fingerprint density at radius 2 is 1.70 bits per heavy atom. The molecule has 27 heavy (non-hydrogen) atoms. The van der Waals surface area contributed by atoms with Gasteiger partial charge in [0.15, 0.2) is 0 Å². The molecule has 0 aromatic heterocycles. The second-order valence-corrected chi connectivity index (χ2v) is 8.78. The predicted octanol–water partition coefficient (Wildman–Crippen LogP) is 3.31. The zero-order valence-corrected chi connectivity index (χ0v) is 16.3. The summed E-state index contributed by atoms with van der Waals surface area (Å²) in [5.41, 5.74) is 2.51. The van der Waals surface area contributed by atoms with Gasteiger partial charge < -0.3 is 14.5 Å². The predicted molar refractivity (Wildman–Crippen MR) is 109 cm³/mol. The van der Waals surface area contributed by atoms with Crippen LogP contribution in [0.15, 0.2) is 47.4 Å². The molecule has 0 bridgehead atoms. The highest BCUT2D eigenvalue weighted by atomic mass is 32.2. The number of fused-ring (bicyclic) bond motifs is 1. The molecule has 144 valence electrons. The number of benzene rings is 2. The fraction of sp³-hybridized carbons (Fsp3) is 0.400. The van der Waals surface area contributed by atoms with Gasteiger partial charge in [0, 0.05) is 31.5 Å². The minimum atomic E-state index is -3.65. The van der Waals surface area contributed by atoms with Gasteiger partial charge in [-0.3, -0.25) is 4.72 Å². The number of sulfonamides is 1. The Kier molecular flexibility index (Phi) is 4.86. The molecule has 0 radical (unpaired) electrons. The molecule has 0 atom stereocenters. The van der Waals surface area contributed by atoms with Gasteiger partial charge in [-0.25, -0.2) is 8.42 Å². The number of nitrogens with one attached hydrogen (secondary N) is 1. The molecule has 7 heteroatoms. The lowest BCUT2D eigenvalue weighted by atomic mass is 10.1. The smallest absolute Gasteiger partial charge is 0.261 e. The van der Waals surface area contributed by atoms with Crippen molar-refractivity contribution in [3.05, 3.63) is 42.5 Å². The van der Waals surface area contributed by atoms with E-state index in [9.17, 15) is 8.42 Å². The van der Waals surface area contributed by atoms with Crippen LogP contribution in [-0.2, 0) is 10.0 Å². The molecular weight excluding hydrogens is 362 g/mol. The van der Waals surface area contributed by atoms with Gasteiger partial charge in [0.25, 0.3) is 10.0 Å². The van der Waals surface area contributed by atoms with Crippen molar-refractivity contribution in [1.82, 2.24) is 0 Å². The topological polar surface area (TPSA) is 61.9 Å². The third kappa shape index (κ3) is 3.83. The summed E-state index contributed by atoms with van der Waals surface area (Å²) in [5.74, 6) is 0.716. The van der Waals surface area contributed by atoms with Crippen LogP contribution in [0.25, 0.3) is 0 Å². The largest absolute Gasteiger partial charge is 0.490 e. The fourth-order valence-corrected chi connectivity index (χ4v) is 4.68. The highest BCUT2D eigenvalue weighted by Crippen LogP contribution is 2.33. The van der Waals surface area contributed by atoms with Gasteiger partial charge in [0.1, 0.15) is 12.4 Å². The maximum absolute atomic E-state index is 12.8.